The van der Waals surface area contributed by atoms with Crippen LogP contribution in [0, 0.1) is 0 Å². The third kappa shape index (κ3) is 4.79. The minimum atomic E-state index is -0.299. The largest absolute Gasteiger partial charge is 0.323 e. The first kappa shape index (κ1) is 30.2. The number of rotatable bonds is 5. The van der Waals surface area contributed by atoms with Gasteiger partial charge in [0.2, 0.25) is 0 Å². The van der Waals surface area contributed by atoms with E-state index in [1.165, 1.54) is 49.4 Å². The van der Waals surface area contributed by atoms with Gasteiger partial charge in [-0.15, -0.1) is 0 Å². The van der Waals surface area contributed by atoms with Crippen LogP contribution in [0.3, 0.4) is 0 Å². The van der Waals surface area contributed by atoms with Crippen LogP contribution in [0.25, 0.3) is 79.8 Å². The third-order valence-corrected chi connectivity index (χ3v) is 10.6. The van der Waals surface area contributed by atoms with E-state index in [2.05, 4.69) is 152 Å². The van der Waals surface area contributed by atoms with Crippen molar-refractivity contribution in [2.24, 2.45) is 0 Å². The van der Waals surface area contributed by atoms with Gasteiger partial charge in [-0.3, -0.25) is 0 Å². The van der Waals surface area contributed by atoms with Crippen LogP contribution in [-0.2, 0) is 5.41 Å². The van der Waals surface area contributed by atoms with E-state index in [1.807, 2.05) is 36.4 Å². The molecule has 0 fully saturated rings. The van der Waals surface area contributed by atoms with Gasteiger partial charge in [0.15, 0.2) is 17.5 Å². The minimum Gasteiger partial charge on any atom is -0.323 e. The molecule has 1 aliphatic heterocycles. The van der Waals surface area contributed by atoms with Crippen molar-refractivity contribution < 1.29 is 0 Å². The molecular weight excluding hydrogens is 633 g/mol. The summed E-state index contributed by atoms with van der Waals surface area (Å²) in [6.07, 6.45) is 9.18. The van der Waals surface area contributed by atoms with Crippen molar-refractivity contribution in [3.8, 4) is 62.1 Å². The molecule has 6 aromatic rings. The molecule has 246 valence electrons. The molecule has 4 nitrogen and oxygen atoms in total. The predicted molar refractivity (Wildman–Crippen MR) is 212 cm³/mol. The van der Waals surface area contributed by atoms with Crippen molar-refractivity contribution in [1.29, 1.82) is 0 Å². The summed E-state index contributed by atoms with van der Waals surface area (Å²) >= 11 is 0. The van der Waals surface area contributed by atoms with Gasteiger partial charge in [0.1, 0.15) is 0 Å². The highest BCUT2D eigenvalue weighted by Gasteiger charge is 2.41. The van der Waals surface area contributed by atoms with Crippen LogP contribution in [-0.4, -0.2) is 19.5 Å². The molecule has 2 heterocycles. The molecule has 0 saturated carbocycles. The summed E-state index contributed by atoms with van der Waals surface area (Å²) in [6, 6.07) is 50.8. The smallest absolute Gasteiger partial charge is 0.165 e. The van der Waals surface area contributed by atoms with Crippen molar-refractivity contribution >= 4 is 17.7 Å². The number of pyridine rings is 1. The van der Waals surface area contributed by atoms with E-state index >= 15 is 0 Å². The highest BCUT2D eigenvalue weighted by molar-refractivity contribution is 6.06. The number of fused-ring (bicyclic) bond motifs is 5. The zero-order valence-corrected chi connectivity index (χ0v) is 29.0. The molecule has 0 spiro atoms. The fourth-order valence-electron chi connectivity index (χ4n) is 8.26. The number of allylic oxidation sites excluding steroid dienone is 1. The van der Waals surface area contributed by atoms with Crippen molar-refractivity contribution in [3.63, 3.8) is 0 Å². The number of hydrogen-bond acceptors (Lipinski definition) is 3. The normalized spacial score (nSPS) is 14.0. The summed E-state index contributed by atoms with van der Waals surface area (Å²) in [5, 5.41) is 2.57. The lowest BCUT2D eigenvalue weighted by molar-refractivity contribution is 0.689. The Kier molecular flexibility index (Phi) is 6.80. The van der Waals surface area contributed by atoms with Crippen LogP contribution >= 0.6 is 0 Å². The van der Waals surface area contributed by atoms with E-state index in [0.717, 1.165) is 27.9 Å². The second kappa shape index (κ2) is 11.7. The Hall–Kier alpha value is -6.65. The quantitative estimate of drug-likeness (QED) is 0.184. The van der Waals surface area contributed by atoms with E-state index < -0.39 is 0 Å². The van der Waals surface area contributed by atoms with Crippen molar-refractivity contribution in [2.45, 2.75) is 19.3 Å². The molecule has 52 heavy (non-hydrogen) atoms. The summed E-state index contributed by atoms with van der Waals surface area (Å²) in [5.74, 6) is 1.99. The molecule has 3 aliphatic carbocycles. The van der Waals surface area contributed by atoms with Gasteiger partial charge in [0, 0.05) is 45.7 Å². The zero-order valence-electron chi connectivity index (χ0n) is 29.0. The second-order valence-electron chi connectivity index (χ2n) is 14.1. The topological polar surface area (TPSA) is 43.6 Å². The highest BCUT2D eigenvalue weighted by Crippen LogP contribution is 2.55. The van der Waals surface area contributed by atoms with Gasteiger partial charge in [0.05, 0.1) is 0 Å². The molecule has 0 bridgehead atoms. The monoisotopic (exact) mass is 666 g/mol. The maximum Gasteiger partial charge on any atom is 0.165 e. The Morgan fingerprint density at radius 1 is 0.500 bits per heavy atom. The lowest BCUT2D eigenvalue weighted by atomic mass is 9.69. The van der Waals surface area contributed by atoms with Crippen LogP contribution < -0.4 is 10.4 Å². The number of benzene rings is 5. The summed E-state index contributed by atoms with van der Waals surface area (Å²) in [5.41, 5.74) is 13.6. The number of nitrogens with zero attached hydrogens (tertiary/aromatic N) is 4. The molecule has 0 radical (unpaired) electrons. The van der Waals surface area contributed by atoms with Crippen LogP contribution in [0.2, 0.25) is 0 Å². The molecule has 4 aliphatic rings. The second-order valence-corrected chi connectivity index (χ2v) is 14.1. The highest BCUT2D eigenvalue weighted by atomic mass is 15.0. The minimum absolute atomic E-state index is 0.299. The van der Waals surface area contributed by atoms with E-state index in [4.69, 9.17) is 15.0 Å². The van der Waals surface area contributed by atoms with Crippen LogP contribution in [0.4, 0.5) is 0 Å². The van der Waals surface area contributed by atoms with E-state index in [1.54, 1.807) is 0 Å². The summed E-state index contributed by atoms with van der Waals surface area (Å²) in [7, 11) is 0. The Bertz CT molecular complexity index is 2720. The molecule has 10 rings (SSSR count). The van der Waals surface area contributed by atoms with Crippen LogP contribution in [0.5, 0.6) is 0 Å². The third-order valence-electron chi connectivity index (χ3n) is 10.6. The Morgan fingerprint density at radius 3 is 1.71 bits per heavy atom. The average Bonchev–Trinajstić information content (AvgIpc) is 3.75. The molecule has 0 N–H and O–H groups in total. The maximum absolute atomic E-state index is 5.25. The summed E-state index contributed by atoms with van der Waals surface area (Å²) in [4.78, 5) is 15.5. The molecule has 0 amide bonds. The van der Waals surface area contributed by atoms with Crippen molar-refractivity contribution in [1.82, 2.24) is 19.5 Å². The first-order valence-electron chi connectivity index (χ1n) is 17.8. The van der Waals surface area contributed by atoms with Gasteiger partial charge < -0.3 is 4.57 Å². The van der Waals surface area contributed by atoms with E-state index in [0.29, 0.717) is 17.5 Å². The van der Waals surface area contributed by atoms with Crippen molar-refractivity contribution in [2.75, 3.05) is 0 Å². The molecule has 0 unspecified atom stereocenters. The predicted octanol–water partition coefficient (Wildman–Crippen LogP) is 9.75. The number of hydrogen-bond donors (Lipinski definition) is 0. The summed E-state index contributed by atoms with van der Waals surface area (Å²) in [6.45, 7) is 4.75. The Balaban J connectivity index is 1.24. The lowest BCUT2D eigenvalue weighted by Gasteiger charge is -2.33. The van der Waals surface area contributed by atoms with Crippen LogP contribution in [0.15, 0.2) is 164 Å². The van der Waals surface area contributed by atoms with Gasteiger partial charge in [-0.1, -0.05) is 141 Å². The molecule has 0 atom stereocenters. The van der Waals surface area contributed by atoms with Gasteiger partial charge in [-0.2, -0.15) is 0 Å². The molecule has 0 saturated heterocycles. The summed E-state index contributed by atoms with van der Waals surface area (Å²) < 4.78 is 2.24. The first-order chi connectivity index (χ1) is 25.5. The molecule has 4 heteroatoms. The van der Waals surface area contributed by atoms with E-state index in [-0.39, 0.29) is 5.41 Å². The fourth-order valence-corrected chi connectivity index (χ4v) is 8.26. The average molecular weight is 667 g/mol. The van der Waals surface area contributed by atoms with Gasteiger partial charge >= 0.3 is 0 Å². The fraction of sp³-hybridized carbons (Fsp3) is 0.0625. The van der Waals surface area contributed by atoms with Gasteiger partial charge in [0.25, 0.3) is 0 Å². The van der Waals surface area contributed by atoms with Gasteiger partial charge in [-0.05, 0) is 79.8 Å². The Morgan fingerprint density at radius 2 is 1.06 bits per heavy atom. The Labute approximate surface area is 302 Å². The van der Waals surface area contributed by atoms with Crippen molar-refractivity contribution in [3.05, 3.63) is 185 Å². The maximum atomic E-state index is 5.25. The zero-order chi connectivity index (χ0) is 34.8. The van der Waals surface area contributed by atoms with E-state index in [9.17, 15) is 0 Å². The standard InChI is InChI=1S/C48H34N4/c1-48(2)43-36(28-35-20-12-13-21-38(35)43)29-40-42(47-50-45(33-16-8-4-9-17-33)49-46(51-47)34-18-10-5-11-19-34)39-26-27-52(30-41(39)44(40)48)37-24-22-32(23-25-37)31-14-6-3-7-15-31/h3-30H,1-2H3. The molecule has 1 aromatic heterocycles. The molecule has 5 aromatic carbocycles. The number of aromatic nitrogens is 4. The SMILES string of the molecule is CC1(C)C2=c3ccccc3=CC2=Cc2c(-c3nc(-c4ccccc4)nc(-c4ccccc4)n3)c3ccn(-c4ccc(-c5ccccc5)cc4)cc-3c21. The first-order valence-corrected chi connectivity index (χ1v) is 17.8. The lowest BCUT2D eigenvalue weighted by Crippen LogP contribution is -2.31. The van der Waals surface area contributed by atoms with Gasteiger partial charge in [-0.25, -0.2) is 15.0 Å². The van der Waals surface area contributed by atoms with Crippen LogP contribution in [0.1, 0.15) is 25.0 Å². The molecular formula is C48H34N4.